The molecule has 0 N–H and O–H groups in total. The van der Waals surface area contributed by atoms with E-state index in [1.54, 1.807) is 6.42 Å². The monoisotopic (exact) mass is 398 g/mol. The molecule has 0 nitrogen and oxygen atoms in total. The average molecular weight is 399 g/mol. The fraction of sp³-hybridized carbons (Fsp3) is 0.931. The molecule has 0 aromatic rings. The van der Waals surface area contributed by atoms with Gasteiger partial charge in [0.15, 0.2) is 0 Å². The number of hydrogen-bond donors (Lipinski definition) is 0. The fourth-order valence-electron chi connectivity index (χ4n) is 8.89. The molecule has 4 aliphatic carbocycles. The van der Waals surface area contributed by atoms with Gasteiger partial charge in [-0.25, -0.2) is 0 Å². The van der Waals surface area contributed by atoms with E-state index < -0.39 is 0 Å². The molecule has 0 aromatic heterocycles. The smallest absolute Gasteiger partial charge is 0.00878 e. The maximum absolute atomic E-state index is 2.78. The van der Waals surface area contributed by atoms with Crippen molar-refractivity contribution in [3.63, 3.8) is 0 Å². The van der Waals surface area contributed by atoms with E-state index in [1.165, 1.54) is 70.6 Å². The lowest BCUT2D eigenvalue weighted by atomic mass is 9.60. The lowest BCUT2D eigenvalue weighted by Crippen LogP contribution is -2.35. The average Bonchev–Trinajstić information content (AvgIpc) is 2.84. The van der Waals surface area contributed by atoms with Crippen molar-refractivity contribution in [3.05, 3.63) is 11.6 Å². The third-order valence-corrected chi connectivity index (χ3v) is 10.8. The van der Waals surface area contributed by atoms with E-state index in [1.807, 2.05) is 5.57 Å². The summed E-state index contributed by atoms with van der Waals surface area (Å²) in [6.07, 6.45) is 20.5. The third-order valence-electron chi connectivity index (χ3n) is 10.8. The molecule has 0 aromatic carbocycles. The largest absolute Gasteiger partial charge is 0.0845 e. The fourth-order valence-corrected chi connectivity index (χ4v) is 8.89. The molecular weight excluding hydrogens is 348 g/mol. The summed E-state index contributed by atoms with van der Waals surface area (Å²) in [4.78, 5) is 0. The summed E-state index contributed by atoms with van der Waals surface area (Å²) in [7, 11) is 0. The van der Waals surface area contributed by atoms with Crippen LogP contribution in [0.5, 0.6) is 0 Å². The molecule has 29 heavy (non-hydrogen) atoms. The summed E-state index contributed by atoms with van der Waals surface area (Å²) in [6.45, 7) is 15.3. The van der Waals surface area contributed by atoms with Crippen LogP contribution in [0.15, 0.2) is 11.6 Å². The summed E-state index contributed by atoms with van der Waals surface area (Å²) in [5, 5.41) is 0. The molecule has 0 saturated heterocycles. The van der Waals surface area contributed by atoms with Crippen LogP contribution in [0.2, 0.25) is 0 Å². The van der Waals surface area contributed by atoms with Crippen LogP contribution in [0.4, 0.5) is 0 Å². The maximum atomic E-state index is 2.78. The molecule has 8 unspecified atom stereocenters. The van der Waals surface area contributed by atoms with Crippen LogP contribution in [0.25, 0.3) is 0 Å². The highest BCUT2D eigenvalue weighted by Gasteiger charge is 2.55. The van der Waals surface area contributed by atoms with Crippen LogP contribution in [-0.2, 0) is 0 Å². The first-order chi connectivity index (χ1) is 13.7. The van der Waals surface area contributed by atoms with E-state index in [9.17, 15) is 0 Å². The first-order valence-corrected chi connectivity index (χ1v) is 13.4. The zero-order valence-electron chi connectivity index (χ0n) is 20.6. The lowest BCUT2D eigenvalue weighted by molar-refractivity contribution is 0.0743. The van der Waals surface area contributed by atoms with Crippen LogP contribution in [0, 0.1) is 52.3 Å². The van der Waals surface area contributed by atoms with Crippen molar-refractivity contribution in [2.45, 2.75) is 119 Å². The standard InChI is InChI=1S/C29H50/c1-20(2)8-7-9-22(4)26-12-13-27-23-10-11-24-18-21(3)14-16-28(24,5)25(19-23)15-17-29(26,27)6/h11,20-23,25-27H,7-10,12-19H2,1-6H3. The Morgan fingerprint density at radius 3 is 2.55 bits per heavy atom. The second-order valence-electron chi connectivity index (χ2n) is 13.1. The van der Waals surface area contributed by atoms with E-state index in [2.05, 4.69) is 47.6 Å². The van der Waals surface area contributed by atoms with Crippen LogP contribution >= 0.6 is 0 Å². The van der Waals surface area contributed by atoms with Crippen LogP contribution in [0.1, 0.15) is 119 Å². The van der Waals surface area contributed by atoms with Gasteiger partial charge in [-0.1, -0.05) is 72.5 Å². The van der Waals surface area contributed by atoms with Gasteiger partial charge < -0.3 is 0 Å². The van der Waals surface area contributed by atoms with Crippen LogP contribution in [0.3, 0.4) is 0 Å². The Morgan fingerprint density at radius 1 is 1.00 bits per heavy atom. The van der Waals surface area contributed by atoms with Gasteiger partial charge in [0, 0.05) is 0 Å². The molecule has 4 aliphatic rings. The highest BCUT2D eigenvalue weighted by molar-refractivity contribution is 5.22. The van der Waals surface area contributed by atoms with Gasteiger partial charge >= 0.3 is 0 Å². The summed E-state index contributed by atoms with van der Waals surface area (Å²) >= 11 is 0. The second-order valence-corrected chi connectivity index (χ2v) is 13.1. The van der Waals surface area contributed by atoms with E-state index in [4.69, 9.17) is 0 Å². The van der Waals surface area contributed by atoms with Crippen molar-refractivity contribution in [2.24, 2.45) is 52.3 Å². The molecule has 0 heterocycles. The van der Waals surface area contributed by atoms with Gasteiger partial charge in [0.25, 0.3) is 0 Å². The van der Waals surface area contributed by atoms with Gasteiger partial charge in [0.05, 0.1) is 0 Å². The molecule has 0 radical (unpaired) electrons. The van der Waals surface area contributed by atoms with Crippen molar-refractivity contribution < 1.29 is 0 Å². The van der Waals surface area contributed by atoms with E-state index in [0.717, 1.165) is 41.4 Å². The van der Waals surface area contributed by atoms with Gasteiger partial charge in [-0.15, -0.1) is 0 Å². The van der Waals surface area contributed by atoms with Gasteiger partial charge in [-0.05, 0) is 110 Å². The molecule has 166 valence electrons. The Labute approximate surface area is 182 Å². The molecule has 2 bridgehead atoms. The number of fused-ring (bicyclic) bond motifs is 6. The Kier molecular flexibility index (Phi) is 6.32. The minimum atomic E-state index is 0.536. The van der Waals surface area contributed by atoms with Crippen molar-refractivity contribution in [1.82, 2.24) is 0 Å². The number of allylic oxidation sites excluding steroid dienone is 2. The Bertz CT molecular complexity index is 599. The predicted octanol–water partition coefficient (Wildman–Crippen LogP) is 9.05. The van der Waals surface area contributed by atoms with Crippen molar-refractivity contribution in [2.75, 3.05) is 0 Å². The van der Waals surface area contributed by atoms with Gasteiger partial charge in [0.2, 0.25) is 0 Å². The summed E-state index contributed by atoms with van der Waals surface area (Å²) < 4.78 is 0. The summed E-state index contributed by atoms with van der Waals surface area (Å²) in [5.74, 6) is 6.66. The van der Waals surface area contributed by atoms with Crippen LogP contribution in [-0.4, -0.2) is 0 Å². The molecule has 0 heteroatoms. The minimum Gasteiger partial charge on any atom is -0.0845 e. The quantitative estimate of drug-likeness (QED) is 0.405. The first-order valence-electron chi connectivity index (χ1n) is 13.4. The van der Waals surface area contributed by atoms with Crippen molar-refractivity contribution >= 4 is 0 Å². The third kappa shape index (κ3) is 4.01. The highest BCUT2D eigenvalue weighted by atomic mass is 14.6. The van der Waals surface area contributed by atoms with Crippen molar-refractivity contribution in [3.8, 4) is 0 Å². The molecule has 3 fully saturated rings. The first kappa shape index (κ1) is 22.0. The topological polar surface area (TPSA) is 0 Å². The molecule has 4 rings (SSSR count). The summed E-state index contributed by atoms with van der Waals surface area (Å²) in [5.41, 5.74) is 3.04. The Morgan fingerprint density at radius 2 is 1.79 bits per heavy atom. The number of hydrogen-bond acceptors (Lipinski definition) is 0. The molecular formula is C29H50. The maximum Gasteiger partial charge on any atom is -0.00878 e. The predicted molar refractivity (Wildman–Crippen MR) is 127 cm³/mol. The Balaban J connectivity index is 1.52. The van der Waals surface area contributed by atoms with Crippen LogP contribution < -0.4 is 0 Å². The zero-order chi connectivity index (χ0) is 20.8. The van der Waals surface area contributed by atoms with Gasteiger partial charge in [-0.2, -0.15) is 0 Å². The Hall–Kier alpha value is -0.260. The molecule has 0 spiro atoms. The molecule has 8 atom stereocenters. The minimum absolute atomic E-state index is 0.536. The normalized spacial score (nSPS) is 45.8. The second kappa shape index (κ2) is 8.35. The molecule has 0 amide bonds. The highest BCUT2D eigenvalue weighted by Crippen LogP contribution is 2.64. The SMILES string of the molecule is CC(C)CCCC(C)C1CCC2C3CC=C4CC(C)CCC4(C)C(CCC12C)C3. The molecule has 0 aliphatic heterocycles. The lowest BCUT2D eigenvalue weighted by Gasteiger charge is -2.45. The number of rotatable bonds is 5. The van der Waals surface area contributed by atoms with Crippen molar-refractivity contribution in [1.29, 1.82) is 0 Å². The van der Waals surface area contributed by atoms with E-state index in [-0.39, 0.29) is 0 Å². The molecule has 3 saturated carbocycles. The van der Waals surface area contributed by atoms with Gasteiger partial charge in [-0.3, -0.25) is 0 Å². The van der Waals surface area contributed by atoms with Gasteiger partial charge in [0.1, 0.15) is 0 Å². The van der Waals surface area contributed by atoms with E-state index in [0.29, 0.717) is 10.8 Å². The van der Waals surface area contributed by atoms with E-state index >= 15 is 0 Å². The zero-order valence-corrected chi connectivity index (χ0v) is 20.6. The summed E-state index contributed by atoms with van der Waals surface area (Å²) in [6, 6.07) is 0.